The van der Waals surface area contributed by atoms with Crippen LogP contribution in [0.1, 0.15) is 12.8 Å². The zero-order valence-electron chi connectivity index (χ0n) is 6.73. The lowest BCUT2D eigenvalue weighted by Crippen LogP contribution is -2.39. The van der Waals surface area contributed by atoms with Gasteiger partial charge in [0.2, 0.25) is 6.41 Å². The minimum absolute atomic E-state index is 0.340. The topological polar surface area (TPSA) is 23.6 Å². The number of hydrogen-bond acceptors (Lipinski definition) is 3. The second-order valence-electron chi connectivity index (χ2n) is 3.02. The molecule has 1 saturated heterocycles. The van der Waals surface area contributed by atoms with Crippen LogP contribution in [0.15, 0.2) is 0 Å². The van der Waals surface area contributed by atoms with Gasteiger partial charge in [0.05, 0.1) is 0 Å². The van der Waals surface area contributed by atoms with Crippen molar-refractivity contribution in [3.05, 3.63) is 0 Å². The number of carbonyl (C=O) groups is 1. The molecule has 0 aliphatic carbocycles. The van der Waals surface area contributed by atoms with Crippen LogP contribution in [-0.4, -0.2) is 41.8 Å². The molecule has 1 aliphatic rings. The van der Waals surface area contributed by atoms with Gasteiger partial charge in [-0.15, -0.1) is 0 Å². The molecule has 0 aromatic carbocycles. The average molecular weight is 174 g/mol. The largest absolute Gasteiger partial charge is 0.306 e. The number of nitrogens with zero attached hydrogens (tertiary/aromatic N) is 2. The van der Waals surface area contributed by atoms with Crippen molar-refractivity contribution in [1.82, 2.24) is 9.21 Å². The summed E-state index contributed by atoms with van der Waals surface area (Å²) in [6, 6.07) is 0.340. The first-order valence-corrected chi connectivity index (χ1v) is 4.25. The van der Waals surface area contributed by atoms with E-state index in [2.05, 4.69) is 24.8 Å². The average Bonchev–Trinajstić information content (AvgIpc) is 2.05. The summed E-state index contributed by atoms with van der Waals surface area (Å²) in [6.45, 7) is 2.13. The maximum Gasteiger partial charge on any atom is 0.219 e. The van der Waals surface area contributed by atoms with Gasteiger partial charge in [0.15, 0.2) is 0 Å². The predicted octanol–water partition coefficient (Wildman–Crippen LogP) is 0.384. The van der Waals surface area contributed by atoms with E-state index in [1.165, 1.54) is 4.31 Å². The van der Waals surface area contributed by atoms with Crippen molar-refractivity contribution in [3.8, 4) is 0 Å². The standard InChI is InChI=1S/C7H14N2OS/c1-8-4-2-7(3-5-8)9(11)6-10/h6-7,11H,2-5H2,1H3. The molecule has 1 heterocycles. The number of thiol groups is 1. The van der Waals surface area contributed by atoms with Gasteiger partial charge in [-0.25, -0.2) is 0 Å². The Labute approximate surface area is 72.9 Å². The van der Waals surface area contributed by atoms with Gasteiger partial charge in [0.25, 0.3) is 0 Å². The van der Waals surface area contributed by atoms with Gasteiger partial charge in [0, 0.05) is 6.04 Å². The van der Waals surface area contributed by atoms with E-state index in [1.54, 1.807) is 0 Å². The lowest BCUT2D eigenvalue weighted by Gasteiger charge is -2.32. The molecule has 11 heavy (non-hydrogen) atoms. The Morgan fingerprint density at radius 3 is 2.55 bits per heavy atom. The Bertz CT molecular complexity index is 134. The highest BCUT2D eigenvalue weighted by Crippen LogP contribution is 2.14. The smallest absolute Gasteiger partial charge is 0.219 e. The molecule has 0 saturated carbocycles. The number of piperidine rings is 1. The van der Waals surface area contributed by atoms with Gasteiger partial charge in [-0.1, -0.05) is 12.8 Å². The summed E-state index contributed by atoms with van der Waals surface area (Å²) >= 11 is 4.05. The van der Waals surface area contributed by atoms with Crippen molar-refractivity contribution in [2.75, 3.05) is 20.1 Å². The normalized spacial score (nSPS) is 21.6. The van der Waals surface area contributed by atoms with Crippen LogP contribution in [0.25, 0.3) is 0 Å². The third-order valence-corrected chi connectivity index (χ3v) is 2.59. The maximum absolute atomic E-state index is 10.3. The van der Waals surface area contributed by atoms with Crippen molar-refractivity contribution >= 4 is 19.2 Å². The molecule has 64 valence electrons. The number of carbonyl (C=O) groups excluding carboxylic acids is 1. The summed E-state index contributed by atoms with van der Waals surface area (Å²) in [7, 11) is 2.10. The van der Waals surface area contributed by atoms with Crippen molar-refractivity contribution in [1.29, 1.82) is 0 Å². The number of rotatable bonds is 2. The van der Waals surface area contributed by atoms with Crippen LogP contribution in [0.5, 0.6) is 0 Å². The lowest BCUT2D eigenvalue weighted by molar-refractivity contribution is -0.115. The molecule has 0 atom stereocenters. The summed E-state index contributed by atoms with van der Waals surface area (Å²) < 4.78 is 1.48. The zero-order valence-corrected chi connectivity index (χ0v) is 7.63. The Balaban J connectivity index is 2.32. The second-order valence-corrected chi connectivity index (χ2v) is 3.48. The van der Waals surface area contributed by atoms with Crippen LogP contribution in [0, 0.1) is 0 Å². The molecule has 0 bridgehead atoms. The first-order valence-electron chi connectivity index (χ1n) is 3.85. The Hall–Kier alpha value is -0.220. The monoisotopic (exact) mass is 174 g/mol. The molecule has 0 aromatic heterocycles. The molecule has 0 radical (unpaired) electrons. The van der Waals surface area contributed by atoms with Gasteiger partial charge >= 0.3 is 0 Å². The van der Waals surface area contributed by atoms with E-state index in [4.69, 9.17) is 0 Å². The zero-order chi connectivity index (χ0) is 8.27. The molecular weight excluding hydrogens is 160 g/mol. The van der Waals surface area contributed by atoms with Crippen LogP contribution in [-0.2, 0) is 4.79 Å². The van der Waals surface area contributed by atoms with Crippen LogP contribution in [0.2, 0.25) is 0 Å². The molecule has 0 aromatic rings. The van der Waals surface area contributed by atoms with Crippen LogP contribution in [0.4, 0.5) is 0 Å². The third-order valence-electron chi connectivity index (χ3n) is 2.17. The molecule has 4 heteroatoms. The maximum atomic E-state index is 10.3. The van der Waals surface area contributed by atoms with Crippen molar-refractivity contribution in [3.63, 3.8) is 0 Å². The highest BCUT2D eigenvalue weighted by molar-refractivity contribution is 7.78. The summed E-state index contributed by atoms with van der Waals surface area (Å²) in [5.74, 6) is 0. The van der Waals surface area contributed by atoms with Gasteiger partial charge < -0.3 is 4.90 Å². The van der Waals surface area contributed by atoms with E-state index >= 15 is 0 Å². The fourth-order valence-electron chi connectivity index (χ4n) is 1.35. The SMILES string of the molecule is CN1CCC(N(S)C=O)CC1. The Kier molecular flexibility index (Phi) is 3.20. The first-order chi connectivity index (χ1) is 5.24. The first kappa shape index (κ1) is 8.87. The van der Waals surface area contributed by atoms with Gasteiger partial charge in [-0.2, -0.15) is 0 Å². The number of amides is 1. The second kappa shape index (κ2) is 3.97. The molecule has 0 spiro atoms. The van der Waals surface area contributed by atoms with E-state index in [-0.39, 0.29) is 0 Å². The fourth-order valence-corrected chi connectivity index (χ4v) is 1.58. The Morgan fingerprint density at radius 1 is 1.55 bits per heavy atom. The number of hydrogen-bond donors (Lipinski definition) is 1. The van der Waals surface area contributed by atoms with Crippen molar-refractivity contribution in [2.24, 2.45) is 0 Å². The molecule has 1 rings (SSSR count). The number of likely N-dealkylation sites (tertiary alicyclic amines) is 1. The molecule has 0 unspecified atom stereocenters. The summed E-state index contributed by atoms with van der Waals surface area (Å²) in [5, 5.41) is 0. The van der Waals surface area contributed by atoms with Crippen molar-refractivity contribution in [2.45, 2.75) is 18.9 Å². The molecule has 1 amide bonds. The summed E-state index contributed by atoms with van der Waals surface area (Å²) in [5.41, 5.74) is 0. The summed E-state index contributed by atoms with van der Waals surface area (Å²) in [4.78, 5) is 12.6. The molecular formula is C7H14N2OS. The highest BCUT2D eigenvalue weighted by atomic mass is 32.1. The predicted molar refractivity (Wildman–Crippen MR) is 47.4 cm³/mol. The highest BCUT2D eigenvalue weighted by Gasteiger charge is 2.19. The van der Waals surface area contributed by atoms with Gasteiger partial charge in [0.1, 0.15) is 0 Å². The lowest BCUT2D eigenvalue weighted by atomic mass is 10.1. The Morgan fingerprint density at radius 2 is 2.09 bits per heavy atom. The minimum Gasteiger partial charge on any atom is -0.306 e. The molecule has 0 N–H and O–H groups in total. The summed E-state index contributed by atoms with van der Waals surface area (Å²) in [6.07, 6.45) is 2.87. The van der Waals surface area contributed by atoms with Crippen LogP contribution >= 0.6 is 12.8 Å². The van der Waals surface area contributed by atoms with E-state index < -0.39 is 0 Å². The molecule has 3 nitrogen and oxygen atoms in total. The quantitative estimate of drug-likeness (QED) is 0.483. The molecule has 1 fully saturated rings. The molecule has 1 aliphatic heterocycles. The van der Waals surface area contributed by atoms with Crippen LogP contribution < -0.4 is 0 Å². The van der Waals surface area contributed by atoms with E-state index in [0.717, 1.165) is 32.3 Å². The van der Waals surface area contributed by atoms with Crippen LogP contribution in [0.3, 0.4) is 0 Å². The minimum atomic E-state index is 0.340. The van der Waals surface area contributed by atoms with Gasteiger partial charge in [-0.3, -0.25) is 9.10 Å². The van der Waals surface area contributed by atoms with Crippen molar-refractivity contribution < 1.29 is 4.79 Å². The van der Waals surface area contributed by atoms with Gasteiger partial charge in [-0.05, 0) is 33.0 Å². The van der Waals surface area contributed by atoms with E-state index in [0.29, 0.717) is 6.04 Å². The van der Waals surface area contributed by atoms with E-state index in [1.807, 2.05) is 0 Å². The van der Waals surface area contributed by atoms with E-state index in [9.17, 15) is 4.79 Å². The third kappa shape index (κ3) is 2.38. The fraction of sp³-hybridized carbons (Fsp3) is 0.857.